The summed E-state index contributed by atoms with van der Waals surface area (Å²) in [5.74, 6) is -1.24. The minimum atomic E-state index is -0.868. The number of likely N-dealkylation sites (tertiary alicyclic amines) is 1. The number of hydrogen-bond acceptors (Lipinski definition) is 4. The van der Waals surface area contributed by atoms with Gasteiger partial charge in [-0.15, -0.1) is 0 Å². The molecule has 8 heteroatoms. The minimum absolute atomic E-state index is 0.0131. The number of unbranched alkanes of at least 4 members (excludes halogenated alkanes) is 4. The van der Waals surface area contributed by atoms with Gasteiger partial charge in [-0.2, -0.15) is 0 Å². The quantitative estimate of drug-likeness (QED) is 0.165. The summed E-state index contributed by atoms with van der Waals surface area (Å²) < 4.78 is 13.4. The summed E-state index contributed by atoms with van der Waals surface area (Å²) in [4.78, 5) is 39.8. The zero-order chi connectivity index (χ0) is 25.3. The number of nitrogens with zero attached hydrogens (tertiary/aromatic N) is 1. The fraction of sp³-hybridized carbons (Fsp3) is 0.667. The third kappa shape index (κ3) is 6.67. The molecule has 1 aromatic carbocycles. The smallest absolute Gasteiger partial charge is 0.321 e. The van der Waals surface area contributed by atoms with E-state index in [2.05, 4.69) is 12.2 Å². The van der Waals surface area contributed by atoms with E-state index in [4.69, 9.17) is 0 Å². The van der Waals surface area contributed by atoms with Crippen LogP contribution in [0.3, 0.4) is 0 Å². The maximum Gasteiger partial charge on any atom is 0.321 e. The van der Waals surface area contributed by atoms with Crippen molar-refractivity contribution in [3.05, 3.63) is 30.1 Å². The number of nitrogens with one attached hydrogen (secondary N) is 2. The summed E-state index contributed by atoms with van der Waals surface area (Å²) in [6.07, 6.45) is 11.2. The molecule has 1 saturated heterocycles. The standard InChI is InChI=1S/C27H40FN3O4/c1-2-3-4-5-9-16-27(19-24(32)30-35)17-18-31(26(27)34,23-10-7-6-8-11-23)20-25(33)29-22-14-12-21(28)13-15-22/h12-15,23H,2-11,16-20H2,1H3,(H2-,29,30,32,33,35)/p+1. The molecular weight excluding hydrogens is 449 g/mol. The van der Waals surface area contributed by atoms with Crippen LogP contribution in [0.25, 0.3) is 0 Å². The Hall–Kier alpha value is -2.32. The van der Waals surface area contributed by atoms with Crippen LogP contribution >= 0.6 is 0 Å². The molecule has 1 saturated carbocycles. The molecule has 35 heavy (non-hydrogen) atoms. The Morgan fingerprint density at radius 3 is 2.40 bits per heavy atom. The summed E-state index contributed by atoms with van der Waals surface area (Å²) in [6, 6.07) is 5.65. The van der Waals surface area contributed by atoms with Crippen molar-refractivity contribution >= 4 is 23.4 Å². The van der Waals surface area contributed by atoms with Gasteiger partial charge in [-0.3, -0.25) is 14.8 Å². The lowest BCUT2D eigenvalue weighted by Gasteiger charge is -2.42. The molecule has 2 atom stereocenters. The summed E-state index contributed by atoms with van der Waals surface area (Å²) in [6.45, 7) is 2.69. The van der Waals surface area contributed by atoms with Crippen LogP contribution in [-0.4, -0.2) is 46.5 Å². The number of hydroxylamine groups is 1. The zero-order valence-electron chi connectivity index (χ0n) is 21.0. The number of quaternary nitrogens is 1. The van der Waals surface area contributed by atoms with Gasteiger partial charge in [-0.05, 0) is 56.4 Å². The van der Waals surface area contributed by atoms with Gasteiger partial charge in [0.15, 0.2) is 6.54 Å². The highest BCUT2D eigenvalue weighted by Gasteiger charge is 2.61. The van der Waals surface area contributed by atoms with Crippen LogP contribution in [0.15, 0.2) is 24.3 Å². The van der Waals surface area contributed by atoms with Gasteiger partial charge in [-0.1, -0.05) is 45.4 Å². The molecule has 1 aliphatic carbocycles. The Balaban J connectivity index is 1.84. The Morgan fingerprint density at radius 1 is 1.06 bits per heavy atom. The first-order valence-corrected chi connectivity index (χ1v) is 13.3. The average Bonchev–Trinajstić information content (AvgIpc) is 3.13. The predicted molar refractivity (Wildman–Crippen MR) is 132 cm³/mol. The molecule has 0 radical (unpaired) electrons. The van der Waals surface area contributed by atoms with Crippen molar-refractivity contribution < 1.29 is 28.5 Å². The van der Waals surface area contributed by atoms with Crippen LogP contribution < -0.4 is 10.8 Å². The Morgan fingerprint density at radius 2 is 1.74 bits per heavy atom. The molecule has 3 amide bonds. The number of amides is 3. The molecular formula is C27H41FN3O4+. The molecule has 1 aliphatic heterocycles. The van der Waals surface area contributed by atoms with Crippen LogP contribution in [0.4, 0.5) is 10.1 Å². The highest BCUT2D eigenvalue weighted by atomic mass is 19.1. The lowest BCUT2D eigenvalue weighted by atomic mass is 9.77. The summed E-state index contributed by atoms with van der Waals surface area (Å²) in [5.41, 5.74) is 1.35. The van der Waals surface area contributed by atoms with Gasteiger partial charge in [-0.25, -0.2) is 19.1 Å². The highest BCUT2D eigenvalue weighted by molar-refractivity contribution is 5.94. The molecule has 0 bridgehead atoms. The molecule has 3 rings (SSSR count). The Kier molecular flexibility index (Phi) is 9.80. The lowest BCUT2D eigenvalue weighted by molar-refractivity contribution is -0.866. The van der Waals surface area contributed by atoms with E-state index in [0.29, 0.717) is 25.1 Å². The first kappa shape index (κ1) is 27.3. The molecule has 3 N–H and O–H groups in total. The molecule has 2 unspecified atom stereocenters. The van der Waals surface area contributed by atoms with E-state index >= 15 is 0 Å². The van der Waals surface area contributed by atoms with E-state index in [1.54, 1.807) is 5.48 Å². The molecule has 2 fully saturated rings. The van der Waals surface area contributed by atoms with Gasteiger partial charge in [0.05, 0.1) is 18.0 Å². The minimum Gasteiger partial charge on any atom is -0.321 e. The molecule has 0 spiro atoms. The van der Waals surface area contributed by atoms with E-state index in [1.165, 1.54) is 24.3 Å². The Labute approximate surface area is 208 Å². The van der Waals surface area contributed by atoms with Crippen molar-refractivity contribution in [2.45, 2.75) is 96.4 Å². The summed E-state index contributed by atoms with van der Waals surface area (Å²) >= 11 is 0. The largest absolute Gasteiger partial charge is 0.321 e. The van der Waals surface area contributed by atoms with Crippen LogP contribution in [0, 0.1) is 11.2 Å². The van der Waals surface area contributed by atoms with Crippen molar-refractivity contribution in [1.82, 2.24) is 5.48 Å². The second kappa shape index (κ2) is 12.6. The first-order valence-electron chi connectivity index (χ1n) is 13.3. The van der Waals surface area contributed by atoms with Crippen molar-refractivity contribution in [2.24, 2.45) is 5.41 Å². The van der Waals surface area contributed by atoms with Gasteiger partial charge >= 0.3 is 5.91 Å². The summed E-state index contributed by atoms with van der Waals surface area (Å²) in [7, 11) is 0. The number of benzene rings is 1. The highest BCUT2D eigenvalue weighted by Crippen LogP contribution is 2.47. The number of carbonyl (C=O) groups excluding carboxylic acids is 3. The van der Waals surface area contributed by atoms with Crippen molar-refractivity contribution in [3.63, 3.8) is 0 Å². The number of carbonyl (C=O) groups is 3. The second-order valence-corrected chi connectivity index (χ2v) is 10.5. The van der Waals surface area contributed by atoms with Gasteiger partial charge in [0.2, 0.25) is 5.91 Å². The Bertz CT molecular complexity index is 872. The third-order valence-electron chi connectivity index (χ3n) is 8.06. The molecule has 194 valence electrons. The SMILES string of the molecule is CCCCCCCC1(CC(=O)NO)CC[N+](CC(=O)Nc2ccc(F)cc2)(C2CCCCC2)C1=O. The zero-order valence-corrected chi connectivity index (χ0v) is 21.0. The molecule has 0 aromatic heterocycles. The van der Waals surface area contributed by atoms with Crippen LogP contribution in [0.5, 0.6) is 0 Å². The number of halogens is 1. The van der Waals surface area contributed by atoms with Gasteiger partial charge in [0.25, 0.3) is 5.91 Å². The van der Waals surface area contributed by atoms with E-state index < -0.39 is 11.3 Å². The number of anilines is 1. The third-order valence-corrected chi connectivity index (χ3v) is 8.06. The van der Waals surface area contributed by atoms with Gasteiger partial charge in [0.1, 0.15) is 5.82 Å². The number of hydrogen-bond donors (Lipinski definition) is 3. The summed E-state index contributed by atoms with van der Waals surface area (Å²) in [5, 5.41) is 12.1. The lowest BCUT2D eigenvalue weighted by Crippen LogP contribution is -2.62. The fourth-order valence-corrected chi connectivity index (χ4v) is 6.19. The predicted octanol–water partition coefficient (Wildman–Crippen LogP) is 5.09. The van der Waals surface area contributed by atoms with Crippen LogP contribution in [0.1, 0.15) is 90.4 Å². The van der Waals surface area contributed by atoms with Gasteiger partial charge in [0, 0.05) is 18.5 Å². The molecule has 2 aliphatic rings. The molecule has 7 nitrogen and oxygen atoms in total. The number of rotatable bonds is 12. The normalized spacial score (nSPS) is 24.9. The van der Waals surface area contributed by atoms with Crippen LogP contribution in [0.2, 0.25) is 0 Å². The molecule has 1 aromatic rings. The van der Waals surface area contributed by atoms with Crippen LogP contribution in [-0.2, 0) is 14.4 Å². The van der Waals surface area contributed by atoms with E-state index in [1.807, 2.05) is 0 Å². The van der Waals surface area contributed by atoms with E-state index in [-0.39, 0.29) is 41.1 Å². The molecule has 1 heterocycles. The maximum atomic E-state index is 14.3. The van der Waals surface area contributed by atoms with Crippen molar-refractivity contribution in [2.75, 3.05) is 18.4 Å². The first-order chi connectivity index (χ1) is 16.8. The van der Waals surface area contributed by atoms with E-state index in [9.17, 15) is 24.0 Å². The topological polar surface area (TPSA) is 95.5 Å². The van der Waals surface area contributed by atoms with Gasteiger partial charge < -0.3 is 5.32 Å². The second-order valence-electron chi connectivity index (χ2n) is 10.5. The van der Waals surface area contributed by atoms with Crippen molar-refractivity contribution in [1.29, 1.82) is 0 Å². The average molecular weight is 491 g/mol. The monoisotopic (exact) mass is 490 g/mol. The van der Waals surface area contributed by atoms with E-state index in [0.717, 1.165) is 64.2 Å². The van der Waals surface area contributed by atoms with Crippen molar-refractivity contribution in [3.8, 4) is 0 Å². The maximum absolute atomic E-state index is 14.3. The fourth-order valence-electron chi connectivity index (χ4n) is 6.19.